The molecule has 10 heteroatoms. The topological polar surface area (TPSA) is 72.7 Å². The van der Waals surface area contributed by atoms with E-state index < -0.39 is 5.25 Å². The molecule has 2 rings (SSSR count). The number of aryl methyl sites for hydroxylation is 1. The van der Waals surface area contributed by atoms with Crippen molar-refractivity contribution in [3.8, 4) is 0 Å². The van der Waals surface area contributed by atoms with Crippen LogP contribution in [0.15, 0.2) is 17.3 Å². The number of nitrogens with one attached hydrogen (secondary N) is 1. The van der Waals surface area contributed by atoms with Gasteiger partial charge in [0.25, 0.3) is 0 Å². The van der Waals surface area contributed by atoms with Gasteiger partial charge in [0.05, 0.1) is 21.0 Å². The lowest BCUT2D eigenvalue weighted by Gasteiger charge is -2.13. The first kappa shape index (κ1) is 16.4. The average molecular weight is 367 g/mol. The maximum Gasteiger partial charge on any atom is 0.237 e. The summed E-state index contributed by atoms with van der Waals surface area (Å²) >= 11 is 19.1. The molecular weight excluding hydrogens is 357 g/mol. The van der Waals surface area contributed by atoms with E-state index in [9.17, 15) is 4.79 Å². The SMILES string of the molecule is CC(Sc1nnnn1C)C(=O)Nc1c(Cl)cc(Cl)cc1Cl. The highest BCUT2D eigenvalue weighted by Gasteiger charge is 2.20. The van der Waals surface area contributed by atoms with Crippen LogP contribution in [-0.4, -0.2) is 31.4 Å². The monoisotopic (exact) mass is 365 g/mol. The fourth-order valence-electron chi connectivity index (χ4n) is 1.42. The van der Waals surface area contributed by atoms with Gasteiger partial charge in [0.15, 0.2) is 0 Å². The van der Waals surface area contributed by atoms with E-state index in [1.54, 1.807) is 14.0 Å². The molecule has 0 aliphatic heterocycles. The maximum absolute atomic E-state index is 12.2. The Kier molecular flexibility index (Phi) is 5.32. The van der Waals surface area contributed by atoms with Crippen LogP contribution in [0.1, 0.15) is 6.92 Å². The molecule has 0 spiro atoms. The van der Waals surface area contributed by atoms with Crippen molar-refractivity contribution in [3.05, 3.63) is 27.2 Å². The highest BCUT2D eigenvalue weighted by atomic mass is 35.5. The molecule has 1 aromatic heterocycles. The van der Waals surface area contributed by atoms with Crippen LogP contribution in [0.2, 0.25) is 15.1 Å². The second kappa shape index (κ2) is 6.83. The minimum absolute atomic E-state index is 0.269. The lowest BCUT2D eigenvalue weighted by molar-refractivity contribution is -0.115. The van der Waals surface area contributed by atoms with Crippen LogP contribution in [0.3, 0.4) is 0 Å². The molecule has 1 N–H and O–H groups in total. The zero-order valence-corrected chi connectivity index (χ0v) is 14.1. The zero-order chi connectivity index (χ0) is 15.6. The number of tetrazole rings is 1. The van der Waals surface area contributed by atoms with Crippen molar-refractivity contribution < 1.29 is 4.79 Å². The summed E-state index contributed by atoms with van der Waals surface area (Å²) in [6.45, 7) is 1.73. The van der Waals surface area contributed by atoms with Gasteiger partial charge in [-0.05, 0) is 29.5 Å². The Labute approximate surface area is 140 Å². The number of hydrogen-bond acceptors (Lipinski definition) is 5. The molecule has 0 saturated heterocycles. The second-order valence-electron chi connectivity index (χ2n) is 4.08. The highest BCUT2D eigenvalue weighted by molar-refractivity contribution is 8.00. The number of nitrogens with zero attached hydrogens (tertiary/aromatic N) is 4. The van der Waals surface area contributed by atoms with E-state index in [-0.39, 0.29) is 16.0 Å². The fourth-order valence-corrected chi connectivity index (χ4v) is 3.09. The van der Waals surface area contributed by atoms with Crippen LogP contribution < -0.4 is 5.32 Å². The number of benzene rings is 1. The van der Waals surface area contributed by atoms with Crippen molar-refractivity contribution in [1.29, 1.82) is 0 Å². The Morgan fingerprint density at radius 2 is 1.95 bits per heavy atom. The molecule has 1 unspecified atom stereocenters. The molecule has 0 radical (unpaired) electrons. The molecule has 0 bridgehead atoms. The van der Waals surface area contributed by atoms with Crippen molar-refractivity contribution in [2.75, 3.05) is 5.32 Å². The van der Waals surface area contributed by atoms with Crippen molar-refractivity contribution in [2.45, 2.75) is 17.3 Å². The largest absolute Gasteiger partial charge is 0.323 e. The van der Waals surface area contributed by atoms with E-state index in [1.165, 1.54) is 28.6 Å². The number of thioether (sulfide) groups is 1. The quantitative estimate of drug-likeness (QED) is 0.841. The first-order chi connectivity index (χ1) is 9.88. The first-order valence-corrected chi connectivity index (χ1v) is 7.74. The number of carbonyl (C=O) groups is 1. The molecule has 1 atom stereocenters. The van der Waals surface area contributed by atoms with Crippen molar-refractivity contribution >= 4 is 58.2 Å². The Morgan fingerprint density at radius 1 is 1.33 bits per heavy atom. The molecule has 0 fully saturated rings. The van der Waals surface area contributed by atoms with Crippen molar-refractivity contribution in [3.63, 3.8) is 0 Å². The molecule has 1 amide bonds. The molecular formula is C11H10Cl3N5OS. The number of halogens is 3. The van der Waals surface area contributed by atoms with E-state index in [1.807, 2.05) is 0 Å². The second-order valence-corrected chi connectivity index (χ2v) is 6.64. The summed E-state index contributed by atoms with van der Waals surface area (Å²) in [7, 11) is 1.69. The third kappa shape index (κ3) is 4.00. The maximum atomic E-state index is 12.2. The van der Waals surface area contributed by atoms with Gasteiger partial charge in [0, 0.05) is 12.1 Å². The van der Waals surface area contributed by atoms with Crippen LogP contribution >= 0.6 is 46.6 Å². The van der Waals surface area contributed by atoms with Gasteiger partial charge in [-0.25, -0.2) is 4.68 Å². The number of rotatable bonds is 4. The summed E-state index contributed by atoms with van der Waals surface area (Å²) in [5, 5.41) is 14.7. The Balaban J connectivity index is 2.09. The van der Waals surface area contributed by atoms with Crippen LogP contribution in [0.5, 0.6) is 0 Å². The van der Waals surface area contributed by atoms with Gasteiger partial charge in [-0.3, -0.25) is 4.79 Å². The van der Waals surface area contributed by atoms with E-state index >= 15 is 0 Å². The average Bonchev–Trinajstić information content (AvgIpc) is 2.79. The smallest absolute Gasteiger partial charge is 0.237 e. The molecule has 0 aliphatic rings. The Morgan fingerprint density at radius 3 is 2.48 bits per heavy atom. The van der Waals surface area contributed by atoms with E-state index in [2.05, 4.69) is 20.8 Å². The molecule has 1 aromatic carbocycles. The summed E-state index contributed by atoms with van der Waals surface area (Å²) in [6.07, 6.45) is 0. The van der Waals surface area contributed by atoms with Gasteiger partial charge >= 0.3 is 0 Å². The molecule has 21 heavy (non-hydrogen) atoms. The number of aromatic nitrogens is 4. The minimum Gasteiger partial charge on any atom is -0.323 e. The van der Waals surface area contributed by atoms with Gasteiger partial charge < -0.3 is 5.32 Å². The number of hydrogen-bond donors (Lipinski definition) is 1. The van der Waals surface area contributed by atoms with E-state index in [4.69, 9.17) is 34.8 Å². The summed E-state index contributed by atoms with van der Waals surface area (Å²) in [6, 6.07) is 3.02. The van der Waals surface area contributed by atoms with Crippen LogP contribution in [0.4, 0.5) is 5.69 Å². The Bertz CT molecular complexity index is 655. The summed E-state index contributed by atoms with van der Waals surface area (Å²) in [5.74, 6) is -0.269. The van der Waals surface area contributed by atoms with Crippen molar-refractivity contribution in [1.82, 2.24) is 20.2 Å². The third-order valence-electron chi connectivity index (χ3n) is 2.49. The molecule has 6 nitrogen and oxygen atoms in total. The number of carbonyl (C=O) groups excluding carboxylic acids is 1. The van der Waals surface area contributed by atoms with Gasteiger partial charge in [0.1, 0.15) is 0 Å². The van der Waals surface area contributed by atoms with E-state index in [0.717, 1.165) is 0 Å². The van der Waals surface area contributed by atoms with Crippen LogP contribution in [-0.2, 0) is 11.8 Å². The zero-order valence-electron chi connectivity index (χ0n) is 11.0. The molecule has 2 aromatic rings. The summed E-state index contributed by atoms with van der Waals surface area (Å²) < 4.78 is 1.48. The fraction of sp³-hybridized carbons (Fsp3) is 0.273. The summed E-state index contributed by atoms with van der Waals surface area (Å²) in [4.78, 5) is 12.2. The number of anilines is 1. The summed E-state index contributed by atoms with van der Waals surface area (Å²) in [5.41, 5.74) is 0.330. The van der Waals surface area contributed by atoms with Crippen molar-refractivity contribution in [2.24, 2.45) is 7.05 Å². The molecule has 0 aliphatic carbocycles. The standard InChI is InChI=1S/C11H10Cl3N5OS/c1-5(21-11-16-17-18-19(11)2)10(20)15-9-7(13)3-6(12)4-8(9)14/h3-5H,1-2H3,(H,15,20). The predicted molar refractivity (Wildman–Crippen MR) is 84.2 cm³/mol. The molecule has 112 valence electrons. The minimum atomic E-state index is -0.433. The first-order valence-electron chi connectivity index (χ1n) is 5.73. The normalized spacial score (nSPS) is 12.2. The predicted octanol–water partition coefficient (Wildman–Crippen LogP) is 3.29. The third-order valence-corrected chi connectivity index (χ3v) is 4.43. The van der Waals surface area contributed by atoms with E-state index in [0.29, 0.717) is 15.9 Å². The molecule has 0 saturated carbocycles. The molecule has 1 heterocycles. The van der Waals surface area contributed by atoms with Gasteiger partial charge in [0.2, 0.25) is 11.1 Å². The van der Waals surface area contributed by atoms with Crippen LogP contribution in [0, 0.1) is 0 Å². The van der Waals surface area contributed by atoms with Crippen LogP contribution in [0.25, 0.3) is 0 Å². The van der Waals surface area contributed by atoms with Gasteiger partial charge in [-0.2, -0.15) is 0 Å². The Hall–Kier alpha value is -1.02. The van der Waals surface area contributed by atoms with Gasteiger partial charge in [-0.1, -0.05) is 46.6 Å². The lowest BCUT2D eigenvalue weighted by atomic mass is 10.3. The highest BCUT2D eigenvalue weighted by Crippen LogP contribution is 2.34. The lowest BCUT2D eigenvalue weighted by Crippen LogP contribution is -2.23. The number of amides is 1. The van der Waals surface area contributed by atoms with Gasteiger partial charge in [-0.15, -0.1) is 5.10 Å².